The summed E-state index contributed by atoms with van der Waals surface area (Å²) in [6, 6.07) is 5.80. The number of aliphatic imine (C=N–C) groups is 1. The minimum Gasteiger partial charge on any atom is -0.494 e. The van der Waals surface area contributed by atoms with Gasteiger partial charge in [0.25, 0.3) is 5.91 Å². The number of sulfone groups is 1. The van der Waals surface area contributed by atoms with Gasteiger partial charge in [-0.15, -0.1) is 6.58 Å². The van der Waals surface area contributed by atoms with Crippen molar-refractivity contribution in [2.45, 2.75) is 39.0 Å². The Hall–Kier alpha value is -3.51. The van der Waals surface area contributed by atoms with E-state index in [1.807, 2.05) is 0 Å². The molecule has 1 aromatic rings. The maximum Gasteiger partial charge on any atom is 0.253 e. The van der Waals surface area contributed by atoms with Gasteiger partial charge in [0.1, 0.15) is 0 Å². The SMILES string of the molecule is C=CC(CO)CC(=C)CS(=O)(=O)c1ccc[nH]c(O)c(C=C2N=C(C)C(C(=O)NCCN(CC)CC)=C2C)cc1.O. The summed E-state index contributed by atoms with van der Waals surface area (Å²) in [5.41, 5.74) is 2.92. The second-order valence-electron chi connectivity index (χ2n) is 9.61. The summed E-state index contributed by atoms with van der Waals surface area (Å²) in [5.74, 6) is -0.976. The molecule has 0 aromatic carbocycles. The Morgan fingerprint density at radius 3 is 2.51 bits per heavy atom. The van der Waals surface area contributed by atoms with Gasteiger partial charge >= 0.3 is 0 Å². The average Bonchev–Trinajstić information content (AvgIpc) is 3.23. The van der Waals surface area contributed by atoms with Gasteiger partial charge in [-0.25, -0.2) is 8.42 Å². The molecule has 0 saturated heterocycles. The Balaban J connectivity index is 0.00000840. The fraction of sp³-hybridized carbons (Fsp3) is 0.400. The normalized spacial score (nSPS) is 14.8. The highest BCUT2D eigenvalue weighted by molar-refractivity contribution is 7.91. The molecule has 0 bridgehead atoms. The van der Waals surface area contributed by atoms with E-state index in [1.165, 1.54) is 30.5 Å². The molecule has 41 heavy (non-hydrogen) atoms. The van der Waals surface area contributed by atoms with E-state index >= 15 is 0 Å². The van der Waals surface area contributed by atoms with E-state index in [-0.39, 0.29) is 46.0 Å². The number of rotatable bonds is 14. The number of allylic oxidation sites excluding steroid dienone is 1. The van der Waals surface area contributed by atoms with Crippen molar-refractivity contribution in [3.05, 3.63) is 77.7 Å². The summed E-state index contributed by atoms with van der Waals surface area (Å²) in [5, 5.41) is 23.0. The largest absolute Gasteiger partial charge is 0.494 e. The van der Waals surface area contributed by atoms with Gasteiger partial charge in [-0.05, 0) is 69.3 Å². The molecule has 0 saturated carbocycles. The zero-order valence-corrected chi connectivity index (χ0v) is 25.2. The average molecular weight is 589 g/mol. The van der Waals surface area contributed by atoms with Crippen LogP contribution in [0.1, 0.15) is 39.7 Å². The zero-order chi connectivity index (χ0) is 29.9. The molecule has 2 heterocycles. The minimum absolute atomic E-state index is 0. The molecule has 1 aliphatic heterocycles. The van der Waals surface area contributed by atoms with Crippen molar-refractivity contribution < 1.29 is 28.9 Å². The van der Waals surface area contributed by atoms with Crippen LogP contribution >= 0.6 is 0 Å². The summed E-state index contributed by atoms with van der Waals surface area (Å²) in [6.07, 6.45) is 4.90. The predicted octanol–water partition coefficient (Wildman–Crippen LogP) is 3.12. The number of aromatic hydroxyl groups is 1. The molecule has 1 atom stereocenters. The number of aliphatic hydroxyl groups excluding tert-OH is 1. The maximum atomic E-state index is 13.2. The van der Waals surface area contributed by atoms with Crippen LogP contribution in [0.4, 0.5) is 0 Å². The van der Waals surface area contributed by atoms with Crippen molar-refractivity contribution in [3.63, 3.8) is 0 Å². The van der Waals surface area contributed by atoms with Gasteiger partial charge in [-0.2, -0.15) is 0 Å². The first-order valence-corrected chi connectivity index (χ1v) is 15.0. The van der Waals surface area contributed by atoms with Crippen molar-refractivity contribution in [2.24, 2.45) is 10.9 Å². The van der Waals surface area contributed by atoms with Gasteiger partial charge in [-0.1, -0.05) is 32.1 Å². The van der Waals surface area contributed by atoms with Crippen LogP contribution in [0.15, 0.2) is 82.0 Å². The van der Waals surface area contributed by atoms with E-state index in [1.54, 1.807) is 26.0 Å². The minimum atomic E-state index is -3.77. The monoisotopic (exact) mass is 588 g/mol. The molecule has 0 aliphatic carbocycles. The van der Waals surface area contributed by atoms with E-state index in [2.05, 4.69) is 47.2 Å². The highest BCUT2D eigenvalue weighted by Crippen LogP contribution is 2.29. The van der Waals surface area contributed by atoms with Crippen molar-refractivity contribution in [1.82, 2.24) is 15.2 Å². The Labute approximate surface area is 243 Å². The fourth-order valence-electron chi connectivity index (χ4n) is 4.29. The van der Waals surface area contributed by atoms with Crippen LogP contribution in [0.5, 0.6) is 5.88 Å². The molecule has 226 valence electrons. The fourth-order valence-corrected chi connectivity index (χ4v) is 5.67. The Bertz CT molecular complexity index is 1350. The molecule has 0 fully saturated rings. The Kier molecular flexibility index (Phi) is 14.5. The molecule has 1 aromatic heterocycles. The number of aromatic amines is 1. The van der Waals surface area contributed by atoms with E-state index < -0.39 is 9.84 Å². The summed E-state index contributed by atoms with van der Waals surface area (Å²) in [4.78, 5) is 22.4. The number of likely N-dealkylation sites (N-methyl/N-ethyl adjacent to an activating group) is 1. The smallest absolute Gasteiger partial charge is 0.253 e. The quantitative estimate of drug-likeness (QED) is 0.244. The molecule has 0 radical (unpaired) electrons. The first kappa shape index (κ1) is 35.5. The summed E-state index contributed by atoms with van der Waals surface area (Å²) in [6.45, 7) is 18.1. The number of hydrogen-bond donors (Lipinski definition) is 4. The number of H-pyrrole nitrogens is 1. The number of nitrogens with zero attached hydrogens (tertiary/aromatic N) is 2. The molecular formula is C30H44N4O6S. The van der Waals surface area contributed by atoms with Gasteiger partial charge in [0.05, 0.1) is 27.6 Å². The second kappa shape index (κ2) is 16.7. The van der Waals surface area contributed by atoms with Crippen molar-refractivity contribution >= 4 is 27.5 Å². The van der Waals surface area contributed by atoms with Gasteiger partial charge in [0, 0.05) is 37.4 Å². The lowest BCUT2D eigenvalue weighted by molar-refractivity contribution is -0.117. The lowest BCUT2D eigenvalue weighted by Gasteiger charge is -2.18. The third kappa shape index (κ3) is 10.1. The highest BCUT2D eigenvalue weighted by Gasteiger charge is 2.24. The summed E-state index contributed by atoms with van der Waals surface area (Å²) < 4.78 is 26.3. The number of amides is 1. The highest BCUT2D eigenvalue weighted by atomic mass is 32.2. The van der Waals surface area contributed by atoms with Gasteiger partial charge in [-0.3, -0.25) is 9.79 Å². The second-order valence-corrected chi connectivity index (χ2v) is 11.6. The van der Waals surface area contributed by atoms with Gasteiger partial charge in [0.15, 0.2) is 15.7 Å². The standard InChI is InChI=1S/C30H42N4O5S.H2O/c1-7-24(19-35)17-21(4)20-40(38,39)26-11-10-14-31-29(36)25(12-13-26)18-27-22(5)28(23(6)33-27)30(37)32-15-16-34(8-2)9-3;/h7,10-14,18,24,31,35-36H,1,4,8-9,15-17,19-20H2,2-3,5-6H3,(H,32,37);1H2. The third-order valence-electron chi connectivity index (χ3n) is 6.69. The maximum absolute atomic E-state index is 13.2. The molecule has 10 nitrogen and oxygen atoms in total. The number of carbonyl (C=O) groups is 1. The molecular weight excluding hydrogens is 544 g/mol. The zero-order valence-electron chi connectivity index (χ0n) is 24.4. The summed E-state index contributed by atoms with van der Waals surface area (Å²) in [7, 11) is -3.77. The number of aliphatic hydroxyl groups is 1. The van der Waals surface area contributed by atoms with Crippen LogP contribution < -0.4 is 5.32 Å². The molecule has 1 amide bonds. The van der Waals surface area contributed by atoms with Gasteiger partial charge < -0.3 is 30.9 Å². The van der Waals surface area contributed by atoms with Crippen LogP contribution in [0.3, 0.4) is 0 Å². The number of aromatic nitrogens is 1. The van der Waals surface area contributed by atoms with Gasteiger partial charge in [0.2, 0.25) is 0 Å². The lowest BCUT2D eigenvalue weighted by Crippen LogP contribution is -2.36. The Morgan fingerprint density at radius 2 is 1.90 bits per heavy atom. The van der Waals surface area contributed by atoms with Crippen LogP contribution in [0.25, 0.3) is 6.08 Å². The van der Waals surface area contributed by atoms with Crippen molar-refractivity contribution in [3.8, 4) is 5.88 Å². The molecule has 0 spiro atoms. The first-order valence-electron chi connectivity index (χ1n) is 13.3. The third-order valence-corrected chi connectivity index (χ3v) is 8.46. The lowest BCUT2D eigenvalue weighted by atomic mass is 10.0. The molecule has 1 aliphatic rings. The molecule has 2 rings (SSSR count). The number of carbonyl (C=O) groups excluding carboxylic acids is 1. The van der Waals surface area contributed by atoms with E-state index in [4.69, 9.17) is 0 Å². The van der Waals surface area contributed by atoms with Crippen LogP contribution in [0, 0.1) is 5.92 Å². The molecule has 1 unspecified atom stereocenters. The van der Waals surface area contributed by atoms with Crippen LogP contribution in [-0.2, 0) is 14.6 Å². The van der Waals surface area contributed by atoms with Crippen molar-refractivity contribution in [1.29, 1.82) is 0 Å². The van der Waals surface area contributed by atoms with E-state index in [0.717, 1.165) is 19.6 Å². The first-order chi connectivity index (χ1) is 19.0. The molecule has 11 heteroatoms. The predicted molar refractivity (Wildman–Crippen MR) is 165 cm³/mol. The van der Waals surface area contributed by atoms with Crippen LogP contribution in [-0.4, -0.2) is 84.1 Å². The van der Waals surface area contributed by atoms with Crippen molar-refractivity contribution in [2.75, 3.05) is 38.5 Å². The Morgan fingerprint density at radius 1 is 1.22 bits per heavy atom. The van der Waals surface area contributed by atoms with E-state index in [0.29, 0.717) is 41.1 Å². The molecule has 6 N–H and O–H groups in total. The van der Waals surface area contributed by atoms with Crippen LogP contribution in [0.2, 0.25) is 0 Å². The summed E-state index contributed by atoms with van der Waals surface area (Å²) >= 11 is 0. The van der Waals surface area contributed by atoms with E-state index in [9.17, 15) is 23.4 Å². The topological polar surface area (TPSA) is 167 Å². The number of hydrogen-bond acceptors (Lipinski definition) is 7. The number of nitrogens with one attached hydrogen (secondary N) is 2.